The summed E-state index contributed by atoms with van der Waals surface area (Å²) in [4.78, 5) is 8.16. The molecule has 0 aliphatic rings. The zero-order chi connectivity index (χ0) is 11.4. The lowest BCUT2D eigenvalue weighted by Gasteiger charge is -2.14. The Labute approximate surface area is 94.5 Å². The van der Waals surface area contributed by atoms with Crippen LogP contribution in [0.15, 0.2) is 42.9 Å². The van der Waals surface area contributed by atoms with E-state index in [9.17, 15) is 0 Å². The Morgan fingerprint density at radius 1 is 1.31 bits per heavy atom. The van der Waals surface area contributed by atoms with Gasteiger partial charge >= 0.3 is 0 Å². The average Bonchev–Trinajstić information content (AvgIpc) is 2.30. The molecule has 1 heterocycles. The van der Waals surface area contributed by atoms with Gasteiger partial charge < -0.3 is 11.1 Å². The van der Waals surface area contributed by atoms with Gasteiger partial charge in [-0.25, -0.2) is 4.98 Å². The highest BCUT2D eigenvalue weighted by molar-refractivity contribution is 5.44. The summed E-state index contributed by atoms with van der Waals surface area (Å²) in [5.41, 5.74) is 7.63. The van der Waals surface area contributed by atoms with E-state index in [1.54, 1.807) is 18.6 Å². The maximum atomic E-state index is 5.73. The van der Waals surface area contributed by atoms with E-state index >= 15 is 0 Å². The third-order valence-corrected chi connectivity index (χ3v) is 2.34. The number of nitrogens with one attached hydrogen (secondary N) is 1. The van der Waals surface area contributed by atoms with Crippen LogP contribution in [0, 0.1) is 0 Å². The maximum Gasteiger partial charge on any atom is 0.144 e. The second kappa shape index (κ2) is 4.61. The number of hydrogen-bond donors (Lipinski definition) is 2. The zero-order valence-electron chi connectivity index (χ0n) is 9.09. The molecule has 16 heavy (non-hydrogen) atoms. The Morgan fingerprint density at radius 2 is 2.19 bits per heavy atom. The first-order chi connectivity index (χ1) is 7.75. The lowest BCUT2D eigenvalue weighted by atomic mass is 10.1. The monoisotopic (exact) mass is 214 g/mol. The molecular formula is C12H14N4. The van der Waals surface area contributed by atoms with E-state index in [0.717, 1.165) is 17.1 Å². The largest absolute Gasteiger partial charge is 0.399 e. The summed E-state index contributed by atoms with van der Waals surface area (Å²) < 4.78 is 0. The summed E-state index contributed by atoms with van der Waals surface area (Å²) in [6, 6.07) is 7.96. The highest BCUT2D eigenvalue weighted by atomic mass is 15.0. The fourth-order valence-electron chi connectivity index (χ4n) is 1.51. The first-order valence-electron chi connectivity index (χ1n) is 5.13. The van der Waals surface area contributed by atoms with E-state index in [-0.39, 0.29) is 6.04 Å². The molecule has 82 valence electrons. The van der Waals surface area contributed by atoms with Crippen LogP contribution in [0.1, 0.15) is 18.5 Å². The molecule has 0 spiro atoms. The van der Waals surface area contributed by atoms with Crippen molar-refractivity contribution in [3.05, 3.63) is 48.4 Å². The number of aromatic nitrogens is 2. The second-order valence-corrected chi connectivity index (χ2v) is 3.63. The Hall–Kier alpha value is -2.10. The van der Waals surface area contributed by atoms with Gasteiger partial charge in [0.15, 0.2) is 0 Å². The van der Waals surface area contributed by atoms with Gasteiger partial charge in [0.05, 0.1) is 12.2 Å². The van der Waals surface area contributed by atoms with Crippen molar-refractivity contribution in [1.29, 1.82) is 0 Å². The van der Waals surface area contributed by atoms with Crippen LogP contribution in [0.3, 0.4) is 0 Å². The Kier molecular flexibility index (Phi) is 3.00. The Bertz CT molecular complexity index is 456. The van der Waals surface area contributed by atoms with E-state index in [0.29, 0.717) is 0 Å². The average molecular weight is 214 g/mol. The number of hydrogen-bond acceptors (Lipinski definition) is 4. The van der Waals surface area contributed by atoms with Gasteiger partial charge in [0.2, 0.25) is 0 Å². The minimum absolute atomic E-state index is 0.153. The van der Waals surface area contributed by atoms with Crippen molar-refractivity contribution in [2.75, 3.05) is 11.1 Å². The van der Waals surface area contributed by atoms with Crippen LogP contribution >= 0.6 is 0 Å². The number of benzene rings is 1. The van der Waals surface area contributed by atoms with E-state index in [1.165, 1.54) is 0 Å². The topological polar surface area (TPSA) is 63.8 Å². The van der Waals surface area contributed by atoms with Crippen molar-refractivity contribution >= 4 is 11.5 Å². The molecule has 0 radical (unpaired) electrons. The van der Waals surface area contributed by atoms with Gasteiger partial charge in [-0.1, -0.05) is 12.1 Å². The normalized spacial score (nSPS) is 12.1. The van der Waals surface area contributed by atoms with Gasteiger partial charge in [-0.3, -0.25) is 4.98 Å². The van der Waals surface area contributed by atoms with Crippen molar-refractivity contribution in [3.63, 3.8) is 0 Å². The van der Waals surface area contributed by atoms with Crippen molar-refractivity contribution in [3.8, 4) is 0 Å². The van der Waals surface area contributed by atoms with Gasteiger partial charge in [0.1, 0.15) is 5.82 Å². The molecule has 0 saturated heterocycles. The van der Waals surface area contributed by atoms with Crippen LogP contribution in [0.2, 0.25) is 0 Å². The summed E-state index contributed by atoms with van der Waals surface area (Å²) in [6.07, 6.45) is 5.01. The number of nitrogen functional groups attached to an aromatic ring is 1. The predicted octanol–water partition coefficient (Wildman–Crippen LogP) is 2.23. The molecule has 2 aromatic rings. The highest BCUT2D eigenvalue weighted by Gasteiger charge is 2.05. The summed E-state index contributed by atoms with van der Waals surface area (Å²) in [5, 5.41) is 3.26. The van der Waals surface area contributed by atoms with E-state index in [4.69, 9.17) is 5.73 Å². The fraction of sp³-hybridized carbons (Fsp3) is 0.167. The molecule has 0 amide bonds. The van der Waals surface area contributed by atoms with Gasteiger partial charge in [-0.15, -0.1) is 0 Å². The molecule has 0 aliphatic carbocycles. The molecule has 1 unspecified atom stereocenters. The van der Waals surface area contributed by atoms with Crippen LogP contribution < -0.4 is 11.1 Å². The first kappa shape index (κ1) is 10.4. The quantitative estimate of drug-likeness (QED) is 0.769. The molecule has 0 bridgehead atoms. The van der Waals surface area contributed by atoms with E-state index in [2.05, 4.69) is 22.2 Å². The predicted molar refractivity (Wildman–Crippen MR) is 64.9 cm³/mol. The van der Waals surface area contributed by atoms with Crippen LogP contribution in [0.25, 0.3) is 0 Å². The lowest BCUT2D eigenvalue weighted by Crippen LogP contribution is -2.08. The minimum Gasteiger partial charge on any atom is -0.399 e. The number of nitrogens with two attached hydrogens (primary N) is 1. The summed E-state index contributed by atoms with van der Waals surface area (Å²) in [7, 11) is 0. The number of rotatable bonds is 3. The number of anilines is 2. The number of nitrogens with zero attached hydrogens (tertiary/aromatic N) is 2. The molecule has 4 nitrogen and oxygen atoms in total. The van der Waals surface area contributed by atoms with E-state index in [1.807, 2.05) is 24.3 Å². The molecular weight excluding hydrogens is 200 g/mol. The Morgan fingerprint density at radius 3 is 2.88 bits per heavy atom. The minimum atomic E-state index is 0.153. The summed E-state index contributed by atoms with van der Waals surface area (Å²) in [5.74, 6) is 0.762. The molecule has 4 heteroatoms. The molecule has 2 rings (SSSR count). The van der Waals surface area contributed by atoms with Crippen molar-refractivity contribution < 1.29 is 0 Å². The fourth-order valence-corrected chi connectivity index (χ4v) is 1.51. The standard InChI is InChI=1S/C12H14N4/c1-9(10-3-2-4-11(13)7-10)16-12-8-14-5-6-15-12/h2-9H,13H2,1H3,(H,15,16). The molecule has 0 fully saturated rings. The molecule has 0 aliphatic heterocycles. The molecule has 3 N–H and O–H groups in total. The van der Waals surface area contributed by atoms with Crippen LogP contribution in [-0.4, -0.2) is 9.97 Å². The first-order valence-corrected chi connectivity index (χ1v) is 5.13. The van der Waals surface area contributed by atoms with Crippen LogP contribution in [0.5, 0.6) is 0 Å². The van der Waals surface area contributed by atoms with Gasteiger partial charge in [0, 0.05) is 18.1 Å². The van der Waals surface area contributed by atoms with Gasteiger partial charge in [-0.05, 0) is 24.6 Å². The molecule has 1 aromatic carbocycles. The van der Waals surface area contributed by atoms with Gasteiger partial charge in [0.25, 0.3) is 0 Å². The third kappa shape index (κ3) is 2.48. The van der Waals surface area contributed by atoms with E-state index < -0.39 is 0 Å². The van der Waals surface area contributed by atoms with Crippen LogP contribution in [-0.2, 0) is 0 Å². The molecule has 1 aromatic heterocycles. The van der Waals surface area contributed by atoms with Gasteiger partial charge in [-0.2, -0.15) is 0 Å². The smallest absolute Gasteiger partial charge is 0.144 e. The molecule has 0 saturated carbocycles. The summed E-state index contributed by atoms with van der Waals surface area (Å²) >= 11 is 0. The zero-order valence-corrected chi connectivity index (χ0v) is 9.09. The molecule has 1 atom stereocenters. The second-order valence-electron chi connectivity index (χ2n) is 3.63. The van der Waals surface area contributed by atoms with Crippen molar-refractivity contribution in [2.45, 2.75) is 13.0 Å². The highest BCUT2D eigenvalue weighted by Crippen LogP contribution is 2.18. The summed E-state index contributed by atoms with van der Waals surface area (Å²) in [6.45, 7) is 2.06. The SMILES string of the molecule is CC(Nc1cnccn1)c1cccc(N)c1. The van der Waals surface area contributed by atoms with Crippen molar-refractivity contribution in [2.24, 2.45) is 0 Å². The lowest BCUT2D eigenvalue weighted by molar-refractivity contribution is 0.872. The third-order valence-electron chi connectivity index (χ3n) is 2.34. The van der Waals surface area contributed by atoms with Crippen molar-refractivity contribution in [1.82, 2.24) is 9.97 Å². The van der Waals surface area contributed by atoms with Crippen LogP contribution in [0.4, 0.5) is 11.5 Å². The maximum absolute atomic E-state index is 5.73. The Balaban J connectivity index is 2.12.